The molecule has 0 N–H and O–H groups in total. The Labute approximate surface area is 788 Å². The molecule has 0 spiro atoms. The molecule has 3 aromatic carbocycles. The summed E-state index contributed by atoms with van der Waals surface area (Å²) in [5.41, 5.74) is 11.2. The molecule has 16 aliphatic carbocycles. The molecule has 0 aliphatic heterocycles. The van der Waals surface area contributed by atoms with Crippen LogP contribution < -0.4 is 0 Å². The Morgan fingerprint density at radius 3 is 1.11 bits per heavy atom. The van der Waals surface area contributed by atoms with Crippen LogP contribution in [0.1, 0.15) is 343 Å². The zero-order valence-corrected chi connectivity index (χ0v) is 83.3. The second-order valence-electron chi connectivity index (χ2n) is 52.1. The second kappa shape index (κ2) is 30.3. The summed E-state index contributed by atoms with van der Waals surface area (Å²) in [6.45, 7) is 52.6. The molecule has 712 valence electrons. The maximum absolute atomic E-state index is 14.9. The number of ketones is 7. The summed E-state index contributed by atoms with van der Waals surface area (Å²) in [6, 6.07) is 19.9. The van der Waals surface area contributed by atoms with Gasteiger partial charge in [-0.05, 0) is 364 Å². The van der Waals surface area contributed by atoms with Crippen molar-refractivity contribution < 1.29 is 46.7 Å². The Morgan fingerprint density at radius 2 is 0.735 bits per heavy atom. The minimum atomic E-state index is -0.594. The van der Waals surface area contributed by atoms with E-state index >= 15 is 0 Å². The number of allylic oxidation sites excluding steroid dienone is 7. The highest BCUT2D eigenvalue weighted by atomic mass is 19.1. The molecule has 0 radical (unpaired) electrons. The summed E-state index contributed by atoms with van der Waals surface area (Å²) >= 11 is 0. The Morgan fingerprint density at radius 1 is 0.394 bits per heavy atom. The Bertz CT molecular complexity index is 5830. The average molecular weight is 1800 g/mol. The molecule has 11 nitrogen and oxygen atoms in total. The van der Waals surface area contributed by atoms with Crippen molar-refractivity contribution in [1.82, 2.24) is 19.6 Å². The number of nitrogens with zero attached hydrogens (tertiary/aromatic N) is 4. The van der Waals surface area contributed by atoms with Crippen LogP contribution in [0.5, 0.6) is 0 Å². The van der Waals surface area contributed by atoms with E-state index in [0.29, 0.717) is 53.2 Å². The van der Waals surface area contributed by atoms with Crippen molar-refractivity contribution in [2.45, 2.75) is 339 Å². The van der Waals surface area contributed by atoms with Crippen molar-refractivity contribution in [3.8, 4) is 22.5 Å². The molecule has 11 fully saturated rings. The van der Waals surface area contributed by atoms with Crippen molar-refractivity contribution in [3.63, 3.8) is 0 Å². The molecule has 5 aromatic rings. The minimum Gasteiger partial charge on any atom is -0.299 e. The third-order valence-corrected chi connectivity index (χ3v) is 44.8. The fourth-order valence-corrected chi connectivity index (χ4v) is 36.4. The predicted octanol–water partition coefficient (Wildman–Crippen LogP) is 27.5. The minimum absolute atomic E-state index is 0. The first-order valence-electron chi connectivity index (χ1n) is 50.3. The van der Waals surface area contributed by atoms with Gasteiger partial charge in [0.25, 0.3) is 0 Å². The van der Waals surface area contributed by atoms with Crippen LogP contribution in [-0.4, -0.2) is 60.0 Å². The maximum Gasteiger partial charge on any atom is 0.164 e. The molecule has 2 bridgehead atoms. The molecule has 2 aromatic heterocycles. The average Bonchev–Trinajstić information content (AvgIpc) is 1.01. The van der Waals surface area contributed by atoms with Gasteiger partial charge in [0.2, 0.25) is 0 Å². The summed E-state index contributed by atoms with van der Waals surface area (Å²) in [5, 5.41) is 10.3. The van der Waals surface area contributed by atoms with Crippen LogP contribution in [0.4, 0.5) is 13.2 Å². The van der Waals surface area contributed by atoms with Crippen molar-refractivity contribution in [1.29, 1.82) is 0 Å². The predicted molar refractivity (Wildman–Crippen MR) is 521 cm³/mol. The van der Waals surface area contributed by atoms with Crippen molar-refractivity contribution in [3.05, 3.63) is 159 Å². The van der Waals surface area contributed by atoms with E-state index in [4.69, 9.17) is 10.2 Å². The molecule has 14 heteroatoms. The number of fused-ring (bicyclic) bond motifs is 26. The smallest absolute Gasteiger partial charge is 0.164 e. The van der Waals surface area contributed by atoms with Gasteiger partial charge in [-0.1, -0.05) is 189 Å². The molecular weight excluding hydrogens is 1640 g/mol. The SMILES string of the molecule is C.C.CC(=O)C1(C)CCC2(C)CCC3(C)C(=CC(=O)C4C5(C)C/C(=C\c6ccc(F)cc6)C(=O)C(C)(C)C5CCC43C)C2C1.CC(=O)C1(C)CCC2(C)CCC3(C)C(=CC(=O)C4C5(C)Cc6c(nn(C)c6-c6ccc(F)cc6)C(C)(C)C5CCC43C)C2C1.Cn1nc2c(c1-c1ccc(F)cc1)CC1(C)C(CCC3(C)C1C(=O)C=C1C4CC5(C)CC(CC5=O)C4(C)CCC13C)C2(C)C. The zero-order valence-electron chi connectivity index (χ0n) is 83.3. The molecule has 25 atom stereocenters. The largest absolute Gasteiger partial charge is 0.299 e. The summed E-state index contributed by atoms with van der Waals surface area (Å²) in [7, 11) is 4.01. The lowest BCUT2D eigenvalue weighted by Gasteiger charge is -2.70. The van der Waals surface area contributed by atoms with Crippen LogP contribution in [0.3, 0.4) is 0 Å². The van der Waals surface area contributed by atoms with Gasteiger partial charge in [0.15, 0.2) is 23.1 Å². The number of hydrogen-bond acceptors (Lipinski definition) is 9. The number of benzene rings is 3. The first kappa shape index (κ1) is 96.2. The highest BCUT2D eigenvalue weighted by Gasteiger charge is 2.76. The topological polar surface area (TPSA) is 155 Å². The highest BCUT2D eigenvalue weighted by Crippen LogP contribution is 2.81. The van der Waals surface area contributed by atoms with Gasteiger partial charge in [-0.25, -0.2) is 13.2 Å². The number of hydrogen-bond donors (Lipinski definition) is 0. The van der Waals surface area contributed by atoms with Crippen LogP contribution >= 0.6 is 0 Å². The van der Waals surface area contributed by atoms with Crippen molar-refractivity contribution in [2.75, 3.05) is 0 Å². The second-order valence-corrected chi connectivity index (χ2v) is 52.1. The van der Waals surface area contributed by atoms with E-state index in [-0.39, 0.29) is 177 Å². The lowest BCUT2D eigenvalue weighted by atomic mass is 9.33. The first-order chi connectivity index (χ1) is 60.3. The fraction of sp³-hybridized carbons (Fsp3) is 0.669. The third-order valence-electron chi connectivity index (χ3n) is 44.8. The summed E-state index contributed by atoms with van der Waals surface area (Å²) < 4.78 is 45.5. The van der Waals surface area contributed by atoms with E-state index in [2.05, 4.69) is 158 Å². The normalized spacial score (nSPS) is 43.5. The standard InChI is InChI=1S/C39H49FN2O2.C39H51FN2O2.C38H49FO3.2CH4/c1-34(2)29-13-14-39(7)32(37(29,5)20-25-31(42(8)41-33(25)34)22-9-11-24(40)12-10-22)28(43)18-26-27-21-35(3)19-23(17-30(35)44)36(27,4)15-16-38(26,39)6;1-23(43)36(5)17-16-35(4)18-19-38(7)27(28(35)22-36)20-29(44)32-37(6)21-26-31(24-10-12-25(40)13-11-24)42(9)41-33(26)34(2,3)30(37)14-15-39(32,38)8;1-23(40)35(5)16-15-34(4)17-18-37(7)27(28(34)22-35)20-29(41)31-36(6)21-25(19-24-9-11-26(39)12-10-24)32(42)33(2,3)30(36)13-14-38(31,37)8;;/h9-12,18,23,27,29,32H,13-17,19-21H2,1-8H3;10-13,20,28,30,32H,14-19,21-22H2,1-9H3;9-12,19-20,28,30-31H,13-18,21-22H2,1-8H3;2*1H4/b;;25-19+;;. The van der Waals surface area contributed by atoms with Crippen LogP contribution in [0.25, 0.3) is 28.6 Å². The number of carbonyl (C=O) groups is 7. The molecule has 2 heterocycles. The van der Waals surface area contributed by atoms with Gasteiger partial charge >= 0.3 is 0 Å². The lowest BCUT2D eigenvalue weighted by molar-refractivity contribution is -0.182. The number of halogens is 3. The molecule has 0 saturated heterocycles. The van der Waals surface area contributed by atoms with Gasteiger partial charge in [0.05, 0.1) is 22.8 Å². The quantitative estimate of drug-likeness (QED) is 0.156. The van der Waals surface area contributed by atoms with E-state index in [9.17, 15) is 46.7 Å². The van der Waals surface area contributed by atoms with E-state index in [1.807, 2.05) is 59.9 Å². The zero-order chi connectivity index (χ0) is 93.9. The number of rotatable bonds is 5. The molecular formula is C118H157F3N4O7. The van der Waals surface area contributed by atoms with Gasteiger partial charge in [-0.2, -0.15) is 10.2 Å². The fourth-order valence-electron chi connectivity index (χ4n) is 36.4. The summed E-state index contributed by atoms with van der Waals surface area (Å²) in [6.07, 6.45) is 31.4. The van der Waals surface area contributed by atoms with Crippen LogP contribution in [0.15, 0.2) is 113 Å². The molecule has 25 unspecified atom stereocenters. The third kappa shape index (κ3) is 12.8. The number of carbonyl (C=O) groups excluding carboxylic acids is 7. The van der Waals surface area contributed by atoms with Gasteiger partial charge in [0, 0.05) is 93.0 Å². The molecule has 21 rings (SSSR count). The van der Waals surface area contributed by atoms with Gasteiger partial charge in [-0.15, -0.1) is 0 Å². The first-order valence-corrected chi connectivity index (χ1v) is 50.3. The number of aryl methyl sites for hydroxylation is 2. The van der Waals surface area contributed by atoms with Gasteiger partial charge < -0.3 is 0 Å². The van der Waals surface area contributed by atoms with Gasteiger partial charge in [-0.3, -0.25) is 42.9 Å². The molecule has 132 heavy (non-hydrogen) atoms. The van der Waals surface area contributed by atoms with E-state index in [1.165, 1.54) is 64.2 Å². The Kier molecular flexibility index (Phi) is 22.1. The van der Waals surface area contributed by atoms with Crippen molar-refractivity contribution >= 4 is 46.6 Å². The van der Waals surface area contributed by atoms with Crippen LogP contribution in [0, 0.1) is 163 Å². The van der Waals surface area contributed by atoms with E-state index in [0.717, 1.165) is 193 Å². The highest BCUT2D eigenvalue weighted by molar-refractivity contribution is 6.05. The van der Waals surface area contributed by atoms with Crippen LogP contribution in [0.2, 0.25) is 0 Å². The molecule has 0 amide bonds. The summed E-state index contributed by atoms with van der Waals surface area (Å²) in [4.78, 5) is 97.4. The maximum atomic E-state index is 14.9. The summed E-state index contributed by atoms with van der Waals surface area (Å²) in [5.74, 6) is 2.88. The molecule has 16 aliphatic rings. The molecule has 11 saturated carbocycles. The van der Waals surface area contributed by atoms with Crippen LogP contribution in [-0.2, 0) is 71.3 Å². The number of Topliss-reactive ketones (excluding diaryl/α,β-unsaturated/α-hetero) is 4. The lowest BCUT2D eigenvalue weighted by Crippen LogP contribution is -2.66. The number of aromatic nitrogens is 4. The van der Waals surface area contributed by atoms with Gasteiger partial charge in [0.1, 0.15) is 34.8 Å². The Balaban J connectivity index is 0.000000137. The van der Waals surface area contributed by atoms with E-state index < -0.39 is 5.41 Å². The van der Waals surface area contributed by atoms with Crippen molar-refractivity contribution in [2.24, 2.45) is 160 Å². The van der Waals surface area contributed by atoms with E-state index in [1.54, 1.807) is 26.0 Å². The monoisotopic (exact) mass is 1800 g/mol. The Hall–Kier alpha value is -7.48.